The van der Waals surface area contributed by atoms with Gasteiger partial charge in [-0.3, -0.25) is 0 Å². The number of rotatable bonds is 6. The van der Waals surface area contributed by atoms with Gasteiger partial charge in [0.1, 0.15) is 0 Å². The van der Waals surface area contributed by atoms with Crippen molar-refractivity contribution in [3.05, 3.63) is 11.8 Å². The van der Waals surface area contributed by atoms with Crippen LogP contribution in [0.15, 0.2) is 11.8 Å². The van der Waals surface area contributed by atoms with Gasteiger partial charge in [0.15, 0.2) is 0 Å². The van der Waals surface area contributed by atoms with E-state index in [0.717, 1.165) is 6.61 Å². The zero-order chi connectivity index (χ0) is 10.4. The van der Waals surface area contributed by atoms with Crippen LogP contribution in [0.3, 0.4) is 0 Å². The molecule has 0 bridgehead atoms. The number of hydrogen-bond donors (Lipinski definition) is 0. The Morgan fingerprint density at radius 2 is 1.69 bits per heavy atom. The summed E-state index contributed by atoms with van der Waals surface area (Å²) in [5.41, 5.74) is 0. The summed E-state index contributed by atoms with van der Waals surface area (Å²) >= 11 is 0. The van der Waals surface area contributed by atoms with E-state index in [1.165, 1.54) is 5.20 Å². The first-order chi connectivity index (χ1) is 6.00. The molecule has 0 aliphatic heterocycles. The van der Waals surface area contributed by atoms with E-state index in [2.05, 4.69) is 43.9 Å². The van der Waals surface area contributed by atoms with Gasteiger partial charge in [0.2, 0.25) is 9.12 Å². The molecule has 78 valence electrons. The second kappa shape index (κ2) is 6.31. The van der Waals surface area contributed by atoms with Gasteiger partial charge in [0.25, 0.3) is 0 Å². The Balaban J connectivity index is 4.13. The summed E-state index contributed by atoms with van der Waals surface area (Å²) < 4.78 is 9.89. The normalized spacial score (nSPS) is 11.7. The minimum atomic E-state index is -1.16. The molecule has 0 unspecified atom stereocenters. The zero-order valence-electron chi connectivity index (χ0n) is 9.50. The zero-order valence-corrected chi connectivity index (χ0v) is 10.7. The lowest BCUT2D eigenvalue weighted by Crippen LogP contribution is -2.48. The fraction of sp³-hybridized carbons (Fsp3) is 0.778. The molecule has 0 atom stereocenters. The van der Waals surface area contributed by atoms with Crippen molar-refractivity contribution in [1.29, 1.82) is 0 Å². The third kappa shape index (κ3) is 4.57. The molecule has 0 aromatic heterocycles. The van der Waals surface area contributed by atoms with Crippen molar-refractivity contribution in [2.75, 3.05) is 41.4 Å². The Kier molecular flexibility index (Phi) is 6.24. The van der Waals surface area contributed by atoms with E-state index in [1.807, 2.05) is 6.92 Å². The summed E-state index contributed by atoms with van der Waals surface area (Å²) in [6.07, 6.45) is 0. The highest BCUT2D eigenvalue weighted by Gasteiger charge is 2.20. The molecule has 13 heavy (non-hydrogen) atoms. The molecule has 0 aromatic carbocycles. The monoisotopic (exact) mass is 202 g/mol. The predicted molar refractivity (Wildman–Crippen MR) is 60.2 cm³/mol. The lowest BCUT2D eigenvalue weighted by molar-refractivity contribution is 0.173. The maximum absolute atomic E-state index is 5.36. The summed E-state index contributed by atoms with van der Waals surface area (Å²) in [6.45, 7) is 7.56. The lowest BCUT2D eigenvalue weighted by Gasteiger charge is -2.30. The number of nitrogens with zero attached hydrogens (tertiary/aromatic N) is 2. The average Bonchev–Trinajstić information content (AvgIpc) is 1.99. The van der Waals surface area contributed by atoms with Crippen LogP contribution in [0.5, 0.6) is 0 Å². The van der Waals surface area contributed by atoms with Crippen LogP contribution in [-0.4, -0.2) is 59.7 Å². The molecular weight excluding hydrogens is 180 g/mol. The summed E-state index contributed by atoms with van der Waals surface area (Å²) in [7, 11) is 7.26. The van der Waals surface area contributed by atoms with Crippen molar-refractivity contribution in [3.8, 4) is 0 Å². The van der Waals surface area contributed by atoms with E-state index in [-0.39, 0.29) is 0 Å². The van der Waals surface area contributed by atoms with Crippen molar-refractivity contribution in [2.24, 2.45) is 0 Å². The van der Waals surface area contributed by atoms with Crippen molar-refractivity contribution in [1.82, 2.24) is 9.13 Å². The third-order valence-corrected chi connectivity index (χ3v) is 4.69. The molecule has 0 amide bonds. The van der Waals surface area contributed by atoms with E-state index < -0.39 is 9.12 Å². The van der Waals surface area contributed by atoms with Gasteiger partial charge in [-0.1, -0.05) is 6.58 Å². The lowest BCUT2D eigenvalue weighted by atomic mass is 10.7. The van der Waals surface area contributed by atoms with E-state index in [9.17, 15) is 0 Å². The smallest absolute Gasteiger partial charge is 0.219 e. The van der Waals surface area contributed by atoms with Crippen LogP contribution >= 0.6 is 0 Å². The van der Waals surface area contributed by atoms with Gasteiger partial charge in [0, 0.05) is 6.61 Å². The second-order valence-electron chi connectivity index (χ2n) is 3.60. The fourth-order valence-electron chi connectivity index (χ4n) is 1.50. The maximum atomic E-state index is 5.36. The molecule has 0 aromatic rings. The number of hydrogen-bond acceptors (Lipinski definition) is 3. The Morgan fingerprint density at radius 3 is 2.00 bits per heavy atom. The highest BCUT2D eigenvalue weighted by Crippen LogP contribution is 2.04. The van der Waals surface area contributed by atoms with Gasteiger partial charge in [-0.05, 0) is 40.3 Å². The van der Waals surface area contributed by atoms with Crippen molar-refractivity contribution < 1.29 is 4.74 Å². The summed E-state index contributed by atoms with van der Waals surface area (Å²) in [5, 5.41) is 1.23. The second-order valence-corrected chi connectivity index (χ2v) is 7.23. The molecule has 0 heterocycles. The van der Waals surface area contributed by atoms with Gasteiger partial charge in [-0.2, -0.15) is 0 Å². The molecule has 0 aliphatic carbocycles. The first-order valence-corrected chi connectivity index (χ1v) is 6.20. The van der Waals surface area contributed by atoms with Crippen molar-refractivity contribution >= 4 is 9.12 Å². The molecule has 0 rings (SSSR count). The van der Waals surface area contributed by atoms with Crippen molar-refractivity contribution in [3.63, 3.8) is 0 Å². The largest absolute Gasteiger partial charge is 0.378 e. The average molecular weight is 202 g/mol. The van der Waals surface area contributed by atoms with Gasteiger partial charge in [-0.15, -0.1) is 0 Å². The van der Waals surface area contributed by atoms with Crippen LogP contribution in [0, 0.1) is 0 Å². The first-order valence-electron chi connectivity index (χ1n) is 4.59. The Labute approximate surface area is 83.7 Å². The molecule has 0 fully saturated rings. The highest BCUT2D eigenvalue weighted by atomic mass is 28.3. The molecule has 4 heteroatoms. The van der Waals surface area contributed by atoms with Gasteiger partial charge >= 0.3 is 0 Å². The van der Waals surface area contributed by atoms with E-state index in [0.29, 0.717) is 6.61 Å². The van der Waals surface area contributed by atoms with E-state index >= 15 is 0 Å². The molecular formula is C9H22N2OSi. The van der Waals surface area contributed by atoms with Crippen LogP contribution in [0.2, 0.25) is 0 Å². The van der Waals surface area contributed by atoms with E-state index in [4.69, 9.17) is 4.74 Å². The third-order valence-electron chi connectivity index (χ3n) is 1.84. The van der Waals surface area contributed by atoms with Crippen LogP contribution in [0.25, 0.3) is 0 Å². The molecule has 3 nitrogen and oxygen atoms in total. The Bertz CT molecular complexity index is 152. The molecule has 0 aliphatic rings. The van der Waals surface area contributed by atoms with Crippen LogP contribution in [0.4, 0.5) is 0 Å². The topological polar surface area (TPSA) is 15.7 Å². The minimum Gasteiger partial charge on any atom is -0.378 e. The maximum Gasteiger partial charge on any atom is 0.219 e. The summed E-state index contributed by atoms with van der Waals surface area (Å²) in [4.78, 5) is 0. The van der Waals surface area contributed by atoms with Gasteiger partial charge < -0.3 is 13.9 Å². The highest BCUT2D eigenvalue weighted by molar-refractivity contribution is 6.60. The molecule has 0 N–H and O–H groups in total. The molecule has 0 spiro atoms. The van der Waals surface area contributed by atoms with Crippen LogP contribution in [0.1, 0.15) is 6.92 Å². The van der Waals surface area contributed by atoms with Gasteiger partial charge in [0.05, 0.1) is 6.61 Å². The standard InChI is InChI=1S/C9H22N2OSi/c1-7-12-8-9(2)13(10(3)4)11(5)6/h13H,2,7-8H2,1,3-6H3. The molecule has 0 saturated carbocycles. The number of ether oxygens (including phenoxy) is 1. The SMILES string of the molecule is C=C(COCC)[SiH](N(C)C)N(C)C. The summed E-state index contributed by atoms with van der Waals surface area (Å²) in [5.74, 6) is 0. The van der Waals surface area contributed by atoms with Gasteiger partial charge in [-0.25, -0.2) is 0 Å². The minimum absolute atomic E-state index is 0.698. The van der Waals surface area contributed by atoms with E-state index in [1.54, 1.807) is 0 Å². The predicted octanol–water partition coefficient (Wildman–Crippen LogP) is 0.462. The molecule has 0 saturated heterocycles. The summed E-state index contributed by atoms with van der Waals surface area (Å²) in [6, 6.07) is 0. The Morgan fingerprint density at radius 1 is 1.23 bits per heavy atom. The van der Waals surface area contributed by atoms with Crippen LogP contribution in [-0.2, 0) is 4.74 Å². The fourth-order valence-corrected chi connectivity index (χ4v) is 4.15. The first kappa shape index (κ1) is 12.8. The van der Waals surface area contributed by atoms with Crippen molar-refractivity contribution in [2.45, 2.75) is 6.92 Å². The Hall–Kier alpha value is -0.163. The quantitative estimate of drug-likeness (QED) is 0.582. The van der Waals surface area contributed by atoms with Crippen LogP contribution < -0.4 is 0 Å². The molecule has 0 radical (unpaired) electrons.